The van der Waals surface area contributed by atoms with Crippen LogP contribution in [0.15, 0.2) is 6.20 Å². The molecule has 0 aromatic carbocycles. The molecule has 0 spiro atoms. The van der Waals surface area contributed by atoms with Crippen LogP contribution in [0.5, 0.6) is 0 Å². The lowest BCUT2D eigenvalue weighted by Crippen LogP contribution is -1.98. The van der Waals surface area contributed by atoms with Crippen LogP contribution in [0, 0.1) is 0 Å². The molecular weight excluding hydrogens is 266 g/mol. The van der Waals surface area contributed by atoms with Gasteiger partial charge in [-0.1, -0.05) is 18.3 Å². The van der Waals surface area contributed by atoms with Gasteiger partial charge in [0.1, 0.15) is 5.01 Å². The molecule has 18 heavy (non-hydrogen) atoms. The largest absolute Gasteiger partial charge is 0.365 e. The van der Waals surface area contributed by atoms with E-state index >= 15 is 0 Å². The van der Waals surface area contributed by atoms with Gasteiger partial charge in [-0.3, -0.25) is 0 Å². The molecule has 7 heteroatoms. The molecule has 0 aliphatic rings. The Bertz CT molecular complexity index is 479. The lowest BCUT2D eigenvalue weighted by atomic mass is 10.3. The van der Waals surface area contributed by atoms with Crippen molar-refractivity contribution in [2.45, 2.75) is 26.2 Å². The molecule has 0 radical (unpaired) electrons. The molecule has 2 rings (SSSR count). The maximum absolute atomic E-state index is 4.26. The van der Waals surface area contributed by atoms with Crippen LogP contribution in [0.3, 0.4) is 0 Å². The van der Waals surface area contributed by atoms with Gasteiger partial charge in [-0.05, 0) is 12.8 Å². The van der Waals surface area contributed by atoms with Gasteiger partial charge in [-0.15, -0.1) is 21.5 Å². The summed E-state index contributed by atoms with van der Waals surface area (Å²) in [5, 5.41) is 17.6. The van der Waals surface area contributed by atoms with E-state index in [0.29, 0.717) is 0 Å². The van der Waals surface area contributed by atoms with Crippen molar-refractivity contribution in [1.29, 1.82) is 0 Å². The van der Waals surface area contributed by atoms with Crippen molar-refractivity contribution in [2.75, 3.05) is 24.2 Å². The quantitative estimate of drug-likeness (QED) is 0.818. The molecule has 0 unspecified atom stereocenters. The molecule has 0 atom stereocenters. The van der Waals surface area contributed by atoms with Crippen molar-refractivity contribution in [3.05, 3.63) is 16.1 Å². The molecule has 5 nitrogen and oxygen atoms in total. The number of rotatable bonds is 7. The number of anilines is 2. The van der Waals surface area contributed by atoms with Crippen LogP contribution in [-0.4, -0.2) is 28.8 Å². The van der Waals surface area contributed by atoms with E-state index in [1.807, 2.05) is 13.2 Å². The number of hydrogen-bond donors (Lipinski definition) is 2. The Balaban J connectivity index is 1.84. The van der Waals surface area contributed by atoms with Crippen molar-refractivity contribution in [3.8, 4) is 0 Å². The van der Waals surface area contributed by atoms with Crippen molar-refractivity contribution in [3.63, 3.8) is 0 Å². The maximum Gasteiger partial charge on any atom is 0.205 e. The van der Waals surface area contributed by atoms with Crippen LogP contribution in [0.4, 0.5) is 10.3 Å². The molecule has 0 fully saturated rings. The van der Waals surface area contributed by atoms with Crippen molar-refractivity contribution < 1.29 is 0 Å². The summed E-state index contributed by atoms with van der Waals surface area (Å²) in [4.78, 5) is 5.53. The second-order valence-corrected chi connectivity index (χ2v) is 5.99. The molecule has 2 N–H and O–H groups in total. The minimum absolute atomic E-state index is 0.923. The topological polar surface area (TPSA) is 62.7 Å². The molecule has 0 amide bonds. The van der Waals surface area contributed by atoms with E-state index < -0.39 is 0 Å². The minimum Gasteiger partial charge on any atom is -0.365 e. The van der Waals surface area contributed by atoms with Gasteiger partial charge in [0, 0.05) is 31.1 Å². The summed E-state index contributed by atoms with van der Waals surface area (Å²) in [6, 6.07) is 0. The molecule has 0 aliphatic heterocycles. The van der Waals surface area contributed by atoms with Gasteiger partial charge >= 0.3 is 0 Å². The summed E-state index contributed by atoms with van der Waals surface area (Å²) in [6.07, 6.45) is 4.93. The van der Waals surface area contributed by atoms with Crippen LogP contribution in [0.1, 0.15) is 23.2 Å². The summed E-state index contributed by atoms with van der Waals surface area (Å²) in [7, 11) is 1.89. The monoisotopic (exact) mass is 283 g/mol. The first-order chi connectivity index (χ1) is 8.81. The number of nitrogens with one attached hydrogen (secondary N) is 2. The summed E-state index contributed by atoms with van der Waals surface area (Å²) in [5.74, 6) is 0. The van der Waals surface area contributed by atoms with E-state index in [4.69, 9.17) is 0 Å². The second kappa shape index (κ2) is 6.65. The average Bonchev–Trinajstić information content (AvgIpc) is 3.03. The van der Waals surface area contributed by atoms with Gasteiger partial charge in [0.2, 0.25) is 5.13 Å². The fourth-order valence-corrected chi connectivity index (χ4v) is 2.96. The van der Waals surface area contributed by atoms with E-state index in [-0.39, 0.29) is 0 Å². The van der Waals surface area contributed by atoms with Gasteiger partial charge in [-0.2, -0.15) is 0 Å². The predicted octanol–water partition coefficient (Wildman–Crippen LogP) is 2.64. The summed E-state index contributed by atoms with van der Waals surface area (Å²) in [5.41, 5.74) is 0. The summed E-state index contributed by atoms with van der Waals surface area (Å²) >= 11 is 3.33. The Hall–Kier alpha value is -1.21. The molecule has 0 saturated carbocycles. The van der Waals surface area contributed by atoms with E-state index in [9.17, 15) is 0 Å². The van der Waals surface area contributed by atoms with Crippen LogP contribution >= 0.6 is 22.7 Å². The first-order valence-corrected chi connectivity index (χ1v) is 7.63. The van der Waals surface area contributed by atoms with Crippen LogP contribution in [0.2, 0.25) is 0 Å². The molecule has 2 aromatic rings. The number of hydrogen-bond acceptors (Lipinski definition) is 7. The third-order valence-electron chi connectivity index (χ3n) is 2.35. The fourth-order valence-electron chi connectivity index (χ4n) is 1.43. The zero-order chi connectivity index (χ0) is 12.8. The lowest BCUT2D eigenvalue weighted by Gasteiger charge is -1.95. The number of aryl methyl sites for hydroxylation is 2. The normalized spacial score (nSPS) is 10.6. The van der Waals surface area contributed by atoms with E-state index in [1.165, 1.54) is 4.88 Å². The molecule has 98 valence electrons. The first-order valence-electron chi connectivity index (χ1n) is 6.00. The van der Waals surface area contributed by atoms with Crippen LogP contribution in [-0.2, 0) is 12.8 Å². The highest BCUT2D eigenvalue weighted by atomic mass is 32.1. The standard InChI is InChI=1S/C11H17N5S2/c1-3-6-13-11-16-15-9(18-11)5-4-8-7-14-10(12-2)17-8/h7H,3-6H2,1-2H3,(H,12,14)(H,13,16). The summed E-state index contributed by atoms with van der Waals surface area (Å²) in [6.45, 7) is 3.09. The molecular formula is C11H17N5S2. The average molecular weight is 283 g/mol. The van der Waals surface area contributed by atoms with E-state index in [1.54, 1.807) is 22.7 Å². The van der Waals surface area contributed by atoms with Gasteiger partial charge in [0.15, 0.2) is 5.13 Å². The highest BCUT2D eigenvalue weighted by Gasteiger charge is 2.05. The number of nitrogens with zero attached hydrogens (tertiary/aromatic N) is 3. The van der Waals surface area contributed by atoms with Crippen molar-refractivity contribution in [1.82, 2.24) is 15.2 Å². The van der Waals surface area contributed by atoms with E-state index in [0.717, 1.165) is 41.1 Å². The van der Waals surface area contributed by atoms with Crippen LogP contribution in [0.25, 0.3) is 0 Å². The predicted molar refractivity (Wildman–Crippen MR) is 77.8 cm³/mol. The van der Waals surface area contributed by atoms with Crippen molar-refractivity contribution >= 4 is 32.9 Å². The number of aromatic nitrogens is 3. The van der Waals surface area contributed by atoms with Crippen LogP contribution < -0.4 is 10.6 Å². The Kier molecular flexibility index (Phi) is 4.89. The smallest absolute Gasteiger partial charge is 0.205 e. The fraction of sp³-hybridized carbons (Fsp3) is 0.545. The molecule has 2 heterocycles. The first kappa shape index (κ1) is 13.2. The van der Waals surface area contributed by atoms with Gasteiger partial charge in [-0.25, -0.2) is 4.98 Å². The molecule has 0 saturated heterocycles. The Morgan fingerprint density at radius 3 is 2.78 bits per heavy atom. The Morgan fingerprint density at radius 2 is 2.06 bits per heavy atom. The SMILES string of the molecule is CCCNc1nnc(CCc2cnc(NC)s2)s1. The summed E-state index contributed by atoms with van der Waals surface area (Å²) < 4.78 is 0. The highest BCUT2D eigenvalue weighted by molar-refractivity contribution is 7.15. The van der Waals surface area contributed by atoms with Gasteiger partial charge < -0.3 is 10.6 Å². The molecule has 0 bridgehead atoms. The second-order valence-electron chi connectivity index (χ2n) is 3.81. The zero-order valence-corrected chi connectivity index (χ0v) is 12.2. The van der Waals surface area contributed by atoms with Crippen molar-refractivity contribution in [2.24, 2.45) is 0 Å². The maximum atomic E-state index is 4.26. The molecule has 2 aromatic heterocycles. The molecule has 0 aliphatic carbocycles. The minimum atomic E-state index is 0.923. The van der Waals surface area contributed by atoms with E-state index in [2.05, 4.69) is 32.7 Å². The highest BCUT2D eigenvalue weighted by Crippen LogP contribution is 2.21. The Labute approximate surface area is 115 Å². The zero-order valence-electron chi connectivity index (χ0n) is 10.6. The van der Waals surface area contributed by atoms with Gasteiger partial charge in [0.05, 0.1) is 0 Å². The van der Waals surface area contributed by atoms with Gasteiger partial charge in [0.25, 0.3) is 0 Å². The number of thiazole rings is 1. The lowest BCUT2D eigenvalue weighted by molar-refractivity contribution is 0.907. The Morgan fingerprint density at radius 1 is 1.17 bits per heavy atom. The third kappa shape index (κ3) is 3.64. The third-order valence-corrected chi connectivity index (χ3v) is 4.36.